The van der Waals surface area contributed by atoms with Gasteiger partial charge in [-0.1, -0.05) is 17.7 Å². The molecule has 3 heteroatoms. The van der Waals surface area contributed by atoms with Gasteiger partial charge < -0.3 is 5.32 Å². The smallest absolute Gasteiger partial charge is 0.132 e. The Morgan fingerprint density at radius 1 is 1.62 bits per heavy atom. The lowest BCUT2D eigenvalue weighted by molar-refractivity contribution is 0.579. The summed E-state index contributed by atoms with van der Waals surface area (Å²) in [6.45, 7) is 2.26. The van der Waals surface area contributed by atoms with E-state index < -0.39 is 0 Å². The van der Waals surface area contributed by atoms with Gasteiger partial charge in [0, 0.05) is 6.20 Å². The second kappa shape index (κ2) is 4.07. The Bertz CT molecular complexity index is 282. The quantitative estimate of drug-likeness (QED) is 0.731. The Morgan fingerprint density at radius 3 is 3.23 bits per heavy atom. The fourth-order valence-corrected chi connectivity index (χ4v) is 1.97. The van der Waals surface area contributed by atoms with Crippen LogP contribution >= 0.6 is 11.6 Å². The summed E-state index contributed by atoms with van der Waals surface area (Å²) < 4.78 is 0. The molecule has 2 heterocycles. The number of nitrogens with one attached hydrogen (secondary N) is 1. The van der Waals surface area contributed by atoms with E-state index in [0.29, 0.717) is 5.15 Å². The summed E-state index contributed by atoms with van der Waals surface area (Å²) in [5, 5.41) is 4.01. The Kier molecular flexibility index (Phi) is 2.81. The van der Waals surface area contributed by atoms with Crippen LogP contribution in [0.15, 0.2) is 18.3 Å². The Morgan fingerprint density at radius 2 is 2.54 bits per heavy atom. The van der Waals surface area contributed by atoms with E-state index in [0.717, 1.165) is 25.4 Å². The van der Waals surface area contributed by atoms with Gasteiger partial charge in [0.15, 0.2) is 0 Å². The van der Waals surface area contributed by atoms with Crippen molar-refractivity contribution < 1.29 is 0 Å². The van der Waals surface area contributed by atoms with E-state index in [2.05, 4.69) is 16.4 Å². The number of rotatable bonds is 2. The molecule has 1 aromatic rings. The lowest BCUT2D eigenvalue weighted by Gasteiger charge is -2.08. The zero-order chi connectivity index (χ0) is 9.10. The third-order valence-electron chi connectivity index (χ3n) is 2.51. The van der Waals surface area contributed by atoms with Crippen molar-refractivity contribution in [3.8, 4) is 0 Å². The summed E-state index contributed by atoms with van der Waals surface area (Å²) in [6, 6.07) is 4.01. The van der Waals surface area contributed by atoms with E-state index in [-0.39, 0.29) is 0 Å². The van der Waals surface area contributed by atoms with E-state index in [9.17, 15) is 0 Å². The van der Waals surface area contributed by atoms with Crippen molar-refractivity contribution in [3.63, 3.8) is 0 Å². The first-order valence-corrected chi connectivity index (χ1v) is 5.04. The third-order valence-corrected chi connectivity index (χ3v) is 2.85. The molecule has 1 aliphatic heterocycles. The molecule has 1 N–H and O–H groups in total. The standard InChI is InChI=1S/C10H13ClN2/c11-10-9(2-1-4-13-10)6-8-3-5-12-7-8/h1-2,4,8,12H,3,5-7H2. The minimum absolute atomic E-state index is 0.661. The minimum Gasteiger partial charge on any atom is -0.316 e. The van der Waals surface area contributed by atoms with Gasteiger partial charge in [-0.3, -0.25) is 0 Å². The highest BCUT2D eigenvalue weighted by Gasteiger charge is 2.15. The monoisotopic (exact) mass is 196 g/mol. The van der Waals surface area contributed by atoms with Crippen LogP contribution in [-0.4, -0.2) is 18.1 Å². The summed E-state index contributed by atoms with van der Waals surface area (Å²) in [7, 11) is 0. The molecule has 1 atom stereocenters. The van der Waals surface area contributed by atoms with E-state index in [4.69, 9.17) is 11.6 Å². The molecule has 13 heavy (non-hydrogen) atoms. The Balaban J connectivity index is 2.04. The first-order valence-electron chi connectivity index (χ1n) is 4.66. The average molecular weight is 197 g/mol. The molecule has 70 valence electrons. The first kappa shape index (κ1) is 8.97. The largest absolute Gasteiger partial charge is 0.316 e. The predicted molar refractivity (Wildman–Crippen MR) is 53.9 cm³/mol. The zero-order valence-corrected chi connectivity index (χ0v) is 8.22. The van der Waals surface area contributed by atoms with Gasteiger partial charge in [0.1, 0.15) is 5.15 Å². The Labute approximate surface area is 83.3 Å². The fourth-order valence-electron chi connectivity index (χ4n) is 1.77. The van der Waals surface area contributed by atoms with Crippen LogP contribution in [-0.2, 0) is 6.42 Å². The first-order chi connectivity index (χ1) is 6.36. The molecular formula is C10H13ClN2. The minimum atomic E-state index is 0.661. The summed E-state index contributed by atoms with van der Waals surface area (Å²) in [5.41, 5.74) is 1.18. The number of hydrogen-bond donors (Lipinski definition) is 1. The van der Waals surface area contributed by atoms with Crippen LogP contribution in [0.2, 0.25) is 5.15 Å². The Hall–Kier alpha value is -0.600. The second-order valence-electron chi connectivity index (χ2n) is 3.52. The topological polar surface area (TPSA) is 24.9 Å². The normalized spacial score (nSPS) is 22.1. The fraction of sp³-hybridized carbons (Fsp3) is 0.500. The molecule has 2 nitrogen and oxygen atoms in total. The van der Waals surface area contributed by atoms with Crippen LogP contribution in [0.3, 0.4) is 0 Å². The van der Waals surface area contributed by atoms with Gasteiger partial charge in [0.05, 0.1) is 0 Å². The van der Waals surface area contributed by atoms with Gasteiger partial charge in [-0.15, -0.1) is 0 Å². The van der Waals surface area contributed by atoms with Crippen molar-refractivity contribution >= 4 is 11.6 Å². The molecule has 0 saturated carbocycles. The molecule has 0 amide bonds. The van der Waals surface area contributed by atoms with Gasteiger partial charge in [-0.2, -0.15) is 0 Å². The summed E-state index contributed by atoms with van der Waals surface area (Å²) in [4.78, 5) is 4.07. The van der Waals surface area contributed by atoms with Crippen LogP contribution in [0.5, 0.6) is 0 Å². The maximum Gasteiger partial charge on any atom is 0.132 e. The number of halogens is 1. The summed E-state index contributed by atoms with van der Waals surface area (Å²) in [6.07, 6.45) is 4.05. The average Bonchev–Trinajstić information content (AvgIpc) is 2.61. The molecule has 0 aliphatic carbocycles. The highest BCUT2D eigenvalue weighted by molar-refractivity contribution is 6.30. The van der Waals surface area contributed by atoms with E-state index in [1.807, 2.05) is 6.07 Å². The molecule has 1 saturated heterocycles. The highest BCUT2D eigenvalue weighted by atomic mass is 35.5. The van der Waals surface area contributed by atoms with Crippen molar-refractivity contribution in [2.24, 2.45) is 5.92 Å². The molecule has 0 aromatic carbocycles. The molecule has 0 radical (unpaired) electrons. The van der Waals surface area contributed by atoms with Crippen molar-refractivity contribution in [1.82, 2.24) is 10.3 Å². The maximum absolute atomic E-state index is 5.97. The van der Waals surface area contributed by atoms with Gasteiger partial charge in [0.25, 0.3) is 0 Å². The van der Waals surface area contributed by atoms with Crippen LogP contribution in [0, 0.1) is 5.92 Å². The van der Waals surface area contributed by atoms with Gasteiger partial charge >= 0.3 is 0 Å². The molecule has 0 spiro atoms. The van der Waals surface area contributed by atoms with Crippen molar-refractivity contribution in [2.45, 2.75) is 12.8 Å². The molecule has 1 fully saturated rings. The molecule has 1 unspecified atom stereocenters. The van der Waals surface area contributed by atoms with E-state index in [1.165, 1.54) is 12.0 Å². The molecular weight excluding hydrogens is 184 g/mol. The number of hydrogen-bond acceptors (Lipinski definition) is 2. The molecule has 1 aromatic heterocycles. The van der Waals surface area contributed by atoms with Crippen molar-refractivity contribution in [3.05, 3.63) is 29.0 Å². The molecule has 0 bridgehead atoms. The highest BCUT2D eigenvalue weighted by Crippen LogP contribution is 2.19. The second-order valence-corrected chi connectivity index (χ2v) is 3.87. The third kappa shape index (κ3) is 2.20. The van der Waals surface area contributed by atoms with Crippen LogP contribution in [0.4, 0.5) is 0 Å². The zero-order valence-electron chi connectivity index (χ0n) is 7.46. The summed E-state index contributed by atoms with van der Waals surface area (Å²) >= 11 is 5.97. The van der Waals surface area contributed by atoms with Crippen molar-refractivity contribution in [1.29, 1.82) is 0 Å². The molecule has 1 aliphatic rings. The van der Waals surface area contributed by atoms with Crippen LogP contribution in [0.25, 0.3) is 0 Å². The lowest BCUT2D eigenvalue weighted by Crippen LogP contribution is -2.11. The van der Waals surface area contributed by atoms with Crippen LogP contribution < -0.4 is 5.32 Å². The van der Waals surface area contributed by atoms with E-state index >= 15 is 0 Å². The van der Waals surface area contributed by atoms with Gasteiger partial charge in [0.2, 0.25) is 0 Å². The number of nitrogens with zero attached hydrogens (tertiary/aromatic N) is 1. The number of pyridine rings is 1. The van der Waals surface area contributed by atoms with E-state index in [1.54, 1.807) is 6.20 Å². The SMILES string of the molecule is Clc1ncccc1CC1CCNC1. The van der Waals surface area contributed by atoms with Gasteiger partial charge in [-0.05, 0) is 43.5 Å². The van der Waals surface area contributed by atoms with Crippen LogP contribution in [0.1, 0.15) is 12.0 Å². The predicted octanol–water partition coefficient (Wildman–Crippen LogP) is 1.89. The molecule has 2 rings (SSSR count). The van der Waals surface area contributed by atoms with Crippen molar-refractivity contribution in [2.75, 3.05) is 13.1 Å². The summed E-state index contributed by atoms with van der Waals surface area (Å²) in [5.74, 6) is 0.738. The van der Waals surface area contributed by atoms with Gasteiger partial charge in [-0.25, -0.2) is 4.98 Å². The maximum atomic E-state index is 5.97. The lowest BCUT2D eigenvalue weighted by atomic mass is 10.0. The number of aromatic nitrogens is 1.